The van der Waals surface area contributed by atoms with Crippen LogP contribution >= 0.6 is 0 Å². The van der Waals surface area contributed by atoms with Crippen LogP contribution in [0.2, 0.25) is 0 Å². The number of carbonyl (C=O) groups is 4. The van der Waals surface area contributed by atoms with E-state index in [-0.39, 0.29) is 19.6 Å². The van der Waals surface area contributed by atoms with Gasteiger partial charge in [-0.3, -0.25) is 14.4 Å². The number of carbonyl (C=O) groups excluding carboxylic acids is 4. The van der Waals surface area contributed by atoms with Crippen LogP contribution in [0.5, 0.6) is 0 Å². The van der Waals surface area contributed by atoms with Crippen molar-refractivity contribution >= 4 is 23.6 Å². The minimum atomic E-state index is -0.685. The number of Topliss-reactive ketones (excluding diaryl/α,β-unsaturated/α-hetero) is 3. The molecule has 0 bridgehead atoms. The summed E-state index contributed by atoms with van der Waals surface area (Å²) in [6.45, 7) is -1.37. The molecule has 0 radical (unpaired) electrons. The van der Waals surface area contributed by atoms with Gasteiger partial charge < -0.3 is 14.6 Å². The SMILES string of the molecule is O=CCC(=O)COCC(=O)CC(=O)CO. The highest BCUT2D eigenvalue weighted by molar-refractivity contribution is 6.00. The average molecular weight is 216 g/mol. The molecule has 0 aliphatic rings. The molecule has 0 fully saturated rings. The molecule has 6 heteroatoms. The zero-order chi connectivity index (χ0) is 11.7. The quantitative estimate of drug-likeness (QED) is 0.379. The highest BCUT2D eigenvalue weighted by Crippen LogP contribution is 1.89. The summed E-state index contributed by atoms with van der Waals surface area (Å²) < 4.78 is 4.66. The molecule has 15 heavy (non-hydrogen) atoms. The molecule has 0 aromatic carbocycles. The molecule has 0 aromatic rings. The van der Waals surface area contributed by atoms with Crippen LogP contribution in [0.3, 0.4) is 0 Å². The zero-order valence-electron chi connectivity index (χ0n) is 8.10. The fraction of sp³-hybridized carbons (Fsp3) is 0.556. The van der Waals surface area contributed by atoms with Gasteiger partial charge in [0.15, 0.2) is 17.3 Å². The third-order valence-corrected chi connectivity index (χ3v) is 1.41. The van der Waals surface area contributed by atoms with Gasteiger partial charge in [0.05, 0.1) is 12.8 Å². The van der Waals surface area contributed by atoms with Crippen LogP contribution in [-0.2, 0) is 23.9 Å². The third-order valence-electron chi connectivity index (χ3n) is 1.41. The lowest BCUT2D eigenvalue weighted by atomic mass is 10.2. The van der Waals surface area contributed by atoms with Crippen LogP contribution in [0.1, 0.15) is 12.8 Å². The van der Waals surface area contributed by atoms with Crippen molar-refractivity contribution in [3.63, 3.8) is 0 Å². The summed E-state index contributed by atoms with van der Waals surface area (Å²) in [6, 6.07) is 0. The Balaban J connectivity index is 3.59. The number of ether oxygens (including phenoxy) is 1. The standard InChI is InChI=1S/C9H12O6/c10-2-1-7(12)5-15-6-9(14)3-8(13)4-11/h2,11H,1,3-6H2. The molecule has 0 atom stereocenters. The summed E-state index contributed by atoms with van der Waals surface area (Å²) in [4.78, 5) is 42.1. The van der Waals surface area contributed by atoms with Gasteiger partial charge >= 0.3 is 0 Å². The number of aliphatic hydroxyl groups is 1. The Labute approximate surface area is 86.2 Å². The topological polar surface area (TPSA) is 97.7 Å². The fourth-order valence-corrected chi connectivity index (χ4v) is 0.757. The number of rotatable bonds is 9. The van der Waals surface area contributed by atoms with Crippen LogP contribution < -0.4 is 0 Å². The zero-order valence-corrected chi connectivity index (χ0v) is 8.10. The van der Waals surface area contributed by atoms with E-state index in [9.17, 15) is 19.2 Å². The van der Waals surface area contributed by atoms with Gasteiger partial charge in [0.25, 0.3) is 0 Å². The molecule has 0 aliphatic heterocycles. The summed E-state index contributed by atoms with van der Waals surface area (Å²) >= 11 is 0. The average Bonchev–Trinajstić information content (AvgIpc) is 2.18. The first-order valence-electron chi connectivity index (χ1n) is 4.27. The lowest BCUT2D eigenvalue weighted by Gasteiger charge is -2.00. The van der Waals surface area contributed by atoms with Gasteiger partial charge in [-0.25, -0.2) is 0 Å². The Morgan fingerprint density at radius 1 is 1.07 bits per heavy atom. The molecule has 0 saturated heterocycles. The largest absolute Gasteiger partial charge is 0.389 e. The predicted molar refractivity (Wildman–Crippen MR) is 48.2 cm³/mol. The van der Waals surface area contributed by atoms with E-state index in [1.165, 1.54) is 0 Å². The van der Waals surface area contributed by atoms with E-state index in [0.29, 0.717) is 6.29 Å². The van der Waals surface area contributed by atoms with Crippen LogP contribution in [-0.4, -0.2) is 48.6 Å². The van der Waals surface area contributed by atoms with E-state index in [0.717, 1.165) is 0 Å². The van der Waals surface area contributed by atoms with Crippen molar-refractivity contribution in [2.24, 2.45) is 0 Å². The van der Waals surface area contributed by atoms with Gasteiger partial charge in [-0.05, 0) is 0 Å². The van der Waals surface area contributed by atoms with E-state index < -0.39 is 30.4 Å². The normalized spacial score (nSPS) is 9.67. The monoisotopic (exact) mass is 216 g/mol. The first kappa shape index (κ1) is 13.6. The van der Waals surface area contributed by atoms with Crippen LogP contribution in [0.4, 0.5) is 0 Å². The number of hydrogen-bond acceptors (Lipinski definition) is 6. The minimum absolute atomic E-state index is 0.246. The first-order chi connectivity index (χ1) is 7.10. The van der Waals surface area contributed by atoms with E-state index in [1.807, 2.05) is 0 Å². The molecule has 84 valence electrons. The third kappa shape index (κ3) is 7.65. The molecular weight excluding hydrogens is 204 g/mol. The molecule has 6 nitrogen and oxygen atoms in total. The maximum Gasteiger partial charge on any atom is 0.165 e. The minimum Gasteiger partial charge on any atom is -0.389 e. The van der Waals surface area contributed by atoms with Crippen molar-refractivity contribution in [3.8, 4) is 0 Å². The molecule has 1 N–H and O–H groups in total. The molecule has 0 aromatic heterocycles. The van der Waals surface area contributed by atoms with Gasteiger partial charge in [-0.15, -0.1) is 0 Å². The summed E-state index contributed by atoms with van der Waals surface area (Å²) in [6.07, 6.45) is -0.203. The Morgan fingerprint density at radius 2 is 1.67 bits per heavy atom. The number of hydrogen-bond donors (Lipinski definition) is 1. The molecule has 0 rings (SSSR count). The summed E-state index contributed by atoms with van der Waals surface area (Å²) in [5, 5.41) is 8.33. The first-order valence-corrected chi connectivity index (χ1v) is 4.27. The Kier molecular flexibility index (Phi) is 7.21. The molecular formula is C9H12O6. The summed E-state index contributed by atoms with van der Waals surface area (Å²) in [5.74, 6) is -1.53. The van der Waals surface area contributed by atoms with Gasteiger partial charge in [0, 0.05) is 0 Å². The maximum atomic E-state index is 10.9. The molecule has 0 amide bonds. The Bertz CT molecular complexity index is 257. The van der Waals surface area contributed by atoms with Crippen molar-refractivity contribution in [2.45, 2.75) is 12.8 Å². The van der Waals surface area contributed by atoms with E-state index in [1.54, 1.807) is 0 Å². The van der Waals surface area contributed by atoms with Gasteiger partial charge in [-0.2, -0.15) is 0 Å². The maximum absolute atomic E-state index is 10.9. The van der Waals surface area contributed by atoms with Crippen molar-refractivity contribution in [1.82, 2.24) is 0 Å². The second kappa shape index (κ2) is 7.95. The summed E-state index contributed by atoms with van der Waals surface area (Å²) in [5.41, 5.74) is 0. The molecule has 0 unspecified atom stereocenters. The molecule has 0 saturated carbocycles. The van der Waals surface area contributed by atoms with E-state index >= 15 is 0 Å². The van der Waals surface area contributed by atoms with E-state index in [4.69, 9.17) is 5.11 Å². The van der Waals surface area contributed by atoms with Crippen molar-refractivity contribution in [1.29, 1.82) is 0 Å². The fourth-order valence-electron chi connectivity index (χ4n) is 0.757. The van der Waals surface area contributed by atoms with E-state index in [2.05, 4.69) is 4.74 Å². The highest BCUT2D eigenvalue weighted by atomic mass is 16.5. The van der Waals surface area contributed by atoms with Gasteiger partial charge in [-0.1, -0.05) is 0 Å². The van der Waals surface area contributed by atoms with Gasteiger partial charge in [0.2, 0.25) is 0 Å². The highest BCUT2D eigenvalue weighted by Gasteiger charge is 2.09. The van der Waals surface area contributed by atoms with Crippen LogP contribution in [0, 0.1) is 0 Å². The Morgan fingerprint density at radius 3 is 2.20 bits per heavy atom. The number of aldehydes is 1. The molecule has 0 aliphatic carbocycles. The molecule has 0 spiro atoms. The summed E-state index contributed by atoms with van der Waals surface area (Å²) in [7, 11) is 0. The number of ketones is 3. The molecule has 0 heterocycles. The van der Waals surface area contributed by atoms with Crippen molar-refractivity contribution < 1.29 is 29.0 Å². The van der Waals surface area contributed by atoms with Crippen LogP contribution in [0.15, 0.2) is 0 Å². The van der Waals surface area contributed by atoms with Crippen molar-refractivity contribution in [2.75, 3.05) is 19.8 Å². The second-order valence-electron chi connectivity index (χ2n) is 2.81. The van der Waals surface area contributed by atoms with Crippen LogP contribution in [0.25, 0.3) is 0 Å². The Hall–Kier alpha value is -1.40. The van der Waals surface area contributed by atoms with Crippen molar-refractivity contribution in [3.05, 3.63) is 0 Å². The number of aliphatic hydroxyl groups excluding tert-OH is 1. The lowest BCUT2D eigenvalue weighted by Crippen LogP contribution is -2.18. The van der Waals surface area contributed by atoms with Gasteiger partial charge in [0.1, 0.15) is 26.1 Å². The smallest absolute Gasteiger partial charge is 0.165 e. The predicted octanol–water partition coefficient (Wildman–Crippen LogP) is -1.32. The lowest BCUT2D eigenvalue weighted by molar-refractivity contribution is -0.132. The second-order valence-corrected chi connectivity index (χ2v) is 2.81.